The van der Waals surface area contributed by atoms with Crippen molar-refractivity contribution in [2.45, 2.75) is 31.2 Å². The first-order chi connectivity index (χ1) is 9.27. The fraction of sp³-hybridized carbons (Fsp3) is 0.357. The molecule has 0 amide bonds. The van der Waals surface area contributed by atoms with Crippen molar-refractivity contribution >= 4 is 12.4 Å². The summed E-state index contributed by atoms with van der Waals surface area (Å²) in [6, 6.07) is 10.0. The average Bonchev–Trinajstić information content (AvgIpc) is 2.88. The Morgan fingerprint density at radius 3 is 2.50 bits per heavy atom. The van der Waals surface area contributed by atoms with Crippen molar-refractivity contribution in [2.75, 3.05) is 0 Å². The Morgan fingerprint density at radius 1 is 1.30 bits per heavy atom. The molecule has 1 saturated carbocycles. The van der Waals surface area contributed by atoms with Crippen LogP contribution >= 0.6 is 12.4 Å². The number of hydrogen-bond acceptors (Lipinski definition) is 5. The van der Waals surface area contributed by atoms with Gasteiger partial charge in [-0.05, 0) is 24.8 Å². The third-order valence-electron chi connectivity index (χ3n) is 3.70. The lowest BCUT2D eigenvalue weighted by atomic mass is 9.70. The lowest BCUT2D eigenvalue weighted by molar-refractivity contribution is 0.232. The molecular formula is C14H15ClN4O. The molecule has 2 N–H and O–H groups in total. The van der Waals surface area contributed by atoms with Crippen molar-refractivity contribution in [1.82, 2.24) is 10.1 Å². The highest BCUT2D eigenvalue weighted by Gasteiger charge is 2.44. The van der Waals surface area contributed by atoms with Crippen LogP contribution < -0.4 is 5.73 Å². The number of aromatic nitrogens is 2. The Morgan fingerprint density at radius 2 is 2.00 bits per heavy atom. The van der Waals surface area contributed by atoms with E-state index in [1.165, 1.54) is 0 Å². The number of benzene rings is 1. The molecule has 1 heterocycles. The van der Waals surface area contributed by atoms with Crippen molar-refractivity contribution in [3.8, 4) is 17.5 Å². The summed E-state index contributed by atoms with van der Waals surface area (Å²) < 4.78 is 5.27. The molecule has 1 fully saturated rings. The predicted molar refractivity (Wildman–Crippen MR) is 76.0 cm³/mol. The highest BCUT2D eigenvalue weighted by Crippen LogP contribution is 2.42. The minimum Gasteiger partial charge on any atom is -0.337 e. The molecule has 1 aliphatic rings. The zero-order valence-electron chi connectivity index (χ0n) is 10.9. The van der Waals surface area contributed by atoms with E-state index < -0.39 is 5.41 Å². The Bertz CT molecular complexity index is 625. The number of halogens is 1. The molecule has 1 aromatic carbocycles. The quantitative estimate of drug-likeness (QED) is 0.938. The Labute approximate surface area is 123 Å². The SMILES string of the molecule is Cl.N#CC1(c2nc(-c3ccc(CN)cc3)no2)CCC1. The van der Waals surface area contributed by atoms with Gasteiger partial charge in [0, 0.05) is 12.1 Å². The van der Waals surface area contributed by atoms with Crippen LogP contribution in [0.3, 0.4) is 0 Å². The molecule has 0 atom stereocenters. The van der Waals surface area contributed by atoms with Gasteiger partial charge < -0.3 is 10.3 Å². The molecule has 5 nitrogen and oxygen atoms in total. The first-order valence-electron chi connectivity index (χ1n) is 6.32. The summed E-state index contributed by atoms with van der Waals surface area (Å²) in [5, 5.41) is 13.2. The lowest BCUT2D eigenvalue weighted by Gasteiger charge is -2.30. The Kier molecular flexibility index (Phi) is 4.07. The van der Waals surface area contributed by atoms with E-state index >= 15 is 0 Å². The van der Waals surface area contributed by atoms with Gasteiger partial charge in [0.1, 0.15) is 5.41 Å². The largest absolute Gasteiger partial charge is 0.337 e. The molecule has 0 unspecified atom stereocenters. The van der Waals surface area contributed by atoms with Crippen LogP contribution in [0.15, 0.2) is 28.8 Å². The summed E-state index contributed by atoms with van der Waals surface area (Å²) in [6.45, 7) is 0.509. The second-order valence-corrected chi connectivity index (χ2v) is 4.87. The monoisotopic (exact) mass is 290 g/mol. The molecule has 0 radical (unpaired) electrons. The topological polar surface area (TPSA) is 88.7 Å². The van der Waals surface area contributed by atoms with E-state index in [-0.39, 0.29) is 12.4 Å². The molecule has 0 saturated heterocycles. The second-order valence-electron chi connectivity index (χ2n) is 4.87. The molecule has 3 rings (SSSR count). The lowest BCUT2D eigenvalue weighted by Crippen LogP contribution is -2.32. The fourth-order valence-electron chi connectivity index (χ4n) is 2.23. The van der Waals surface area contributed by atoms with Gasteiger partial charge in [-0.2, -0.15) is 10.2 Å². The normalized spacial score (nSPS) is 15.8. The Balaban J connectivity index is 0.00000147. The standard InChI is InChI=1S/C14H14N4O.ClH/c15-8-10-2-4-11(5-3-10)12-17-13(19-18-12)14(9-16)6-1-7-14;/h2-5H,1,6-8,15H2;1H. The van der Waals surface area contributed by atoms with E-state index in [4.69, 9.17) is 10.3 Å². The van der Waals surface area contributed by atoms with E-state index in [1.54, 1.807) is 0 Å². The molecule has 0 aliphatic heterocycles. The van der Waals surface area contributed by atoms with Crippen molar-refractivity contribution in [3.63, 3.8) is 0 Å². The summed E-state index contributed by atoms with van der Waals surface area (Å²) in [4.78, 5) is 4.37. The molecule has 1 aromatic heterocycles. The van der Waals surface area contributed by atoms with Crippen LogP contribution in [0, 0.1) is 11.3 Å². The predicted octanol–water partition coefficient (Wildman–Crippen LogP) is 2.56. The molecule has 1 aliphatic carbocycles. The number of hydrogen-bond donors (Lipinski definition) is 1. The second kappa shape index (κ2) is 5.61. The van der Waals surface area contributed by atoms with Crippen LogP contribution in [0.5, 0.6) is 0 Å². The van der Waals surface area contributed by atoms with Gasteiger partial charge in [0.15, 0.2) is 0 Å². The molecule has 20 heavy (non-hydrogen) atoms. The summed E-state index contributed by atoms with van der Waals surface area (Å²) >= 11 is 0. The van der Waals surface area contributed by atoms with Crippen LogP contribution in [0.1, 0.15) is 30.7 Å². The molecule has 0 spiro atoms. The number of nitriles is 1. The van der Waals surface area contributed by atoms with Crippen LogP contribution in [0.25, 0.3) is 11.4 Å². The van der Waals surface area contributed by atoms with Gasteiger partial charge >= 0.3 is 0 Å². The van der Waals surface area contributed by atoms with Gasteiger partial charge in [0.05, 0.1) is 6.07 Å². The van der Waals surface area contributed by atoms with E-state index in [1.807, 2.05) is 24.3 Å². The van der Waals surface area contributed by atoms with Gasteiger partial charge in [0.25, 0.3) is 0 Å². The minimum absolute atomic E-state index is 0. The fourth-order valence-corrected chi connectivity index (χ4v) is 2.23. The van der Waals surface area contributed by atoms with Gasteiger partial charge in [0.2, 0.25) is 11.7 Å². The van der Waals surface area contributed by atoms with Crippen LogP contribution in [0.2, 0.25) is 0 Å². The Hall–Kier alpha value is -1.90. The average molecular weight is 291 g/mol. The first-order valence-corrected chi connectivity index (χ1v) is 6.32. The van der Waals surface area contributed by atoms with Crippen molar-refractivity contribution < 1.29 is 4.52 Å². The highest BCUT2D eigenvalue weighted by molar-refractivity contribution is 5.85. The minimum atomic E-state index is -0.553. The molecule has 6 heteroatoms. The van der Waals surface area contributed by atoms with Crippen molar-refractivity contribution in [2.24, 2.45) is 5.73 Å². The summed E-state index contributed by atoms with van der Waals surface area (Å²) in [6.07, 6.45) is 2.64. The summed E-state index contributed by atoms with van der Waals surface area (Å²) in [5.41, 5.74) is 6.93. The van der Waals surface area contributed by atoms with E-state index in [0.717, 1.165) is 30.4 Å². The van der Waals surface area contributed by atoms with Gasteiger partial charge in [-0.15, -0.1) is 12.4 Å². The van der Waals surface area contributed by atoms with Crippen molar-refractivity contribution in [3.05, 3.63) is 35.7 Å². The molecule has 0 bridgehead atoms. The third-order valence-corrected chi connectivity index (χ3v) is 3.70. The molecule has 2 aromatic rings. The van der Waals surface area contributed by atoms with E-state index in [0.29, 0.717) is 18.3 Å². The van der Waals surface area contributed by atoms with E-state index in [9.17, 15) is 5.26 Å². The number of nitrogens with two attached hydrogens (primary N) is 1. The third kappa shape index (κ3) is 2.28. The number of nitrogens with zero attached hydrogens (tertiary/aromatic N) is 3. The smallest absolute Gasteiger partial charge is 0.247 e. The van der Waals surface area contributed by atoms with Crippen LogP contribution in [0.4, 0.5) is 0 Å². The molecular weight excluding hydrogens is 276 g/mol. The van der Waals surface area contributed by atoms with Crippen LogP contribution in [-0.4, -0.2) is 10.1 Å². The zero-order chi connectivity index (χ0) is 13.3. The zero-order valence-corrected chi connectivity index (χ0v) is 11.7. The molecule has 104 valence electrons. The van der Waals surface area contributed by atoms with Crippen LogP contribution in [-0.2, 0) is 12.0 Å². The van der Waals surface area contributed by atoms with Gasteiger partial charge in [-0.25, -0.2) is 0 Å². The summed E-state index contributed by atoms with van der Waals surface area (Å²) in [5.74, 6) is 0.972. The maximum absolute atomic E-state index is 9.25. The van der Waals surface area contributed by atoms with Gasteiger partial charge in [-0.1, -0.05) is 29.4 Å². The first kappa shape index (κ1) is 14.5. The van der Waals surface area contributed by atoms with Crippen molar-refractivity contribution in [1.29, 1.82) is 5.26 Å². The maximum Gasteiger partial charge on any atom is 0.247 e. The maximum atomic E-state index is 9.25. The van der Waals surface area contributed by atoms with Gasteiger partial charge in [-0.3, -0.25) is 0 Å². The van der Waals surface area contributed by atoms with E-state index in [2.05, 4.69) is 16.2 Å². The highest BCUT2D eigenvalue weighted by atomic mass is 35.5. The number of rotatable bonds is 3. The summed E-state index contributed by atoms with van der Waals surface area (Å²) in [7, 11) is 0.